The second-order valence-electron chi connectivity index (χ2n) is 8.63. The predicted octanol–water partition coefficient (Wildman–Crippen LogP) is 5.23. The van der Waals surface area contributed by atoms with Crippen molar-refractivity contribution in [3.63, 3.8) is 0 Å². The van der Waals surface area contributed by atoms with Gasteiger partial charge in [0, 0.05) is 23.7 Å². The summed E-state index contributed by atoms with van der Waals surface area (Å²) in [4.78, 5) is 12.6. The largest absolute Gasteiger partial charge is 0.379 e. The van der Waals surface area contributed by atoms with Crippen LogP contribution in [0.2, 0.25) is 5.02 Å². The molecule has 1 amide bonds. The Morgan fingerprint density at radius 3 is 2.61 bits per heavy atom. The van der Waals surface area contributed by atoms with Crippen LogP contribution in [0.15, 0.2) is 30.3 Å². The molecule has 0 bridgehead atoms. The molecule has 1 heterocycles. The molecule has 0 saturated heterocycles. The van der Waals surface area contributed by atoms with E-state index in [0.29, 0.717) is 22.7 Å². The van der Waals surface area contributed by atoms with E-state index in [-0.39, 0.29) is 17.8 Å². The zero-order chi connectivity index (χ0) is 21.6. The van der Waals surface area contributed by atoms with E-state index >= 15 is 0 Å². The molecule has 1 saturated carbocycles. The molecule has 3 N–H and O–H groups in total. The third-order valence-electron chi connectivity index (χ3n) is 6.44. The highest BCUT2D eigenvalue weighted by atomic mass is 35.5. The fourth-order valence-corrected chi connectivity index (χ4v) is 4.89. The number of carbonyl (C=O) groups is 1. The van der Waals surface area contributed by atoms with Crippen LogP contribution < -0.4 is 16.0 Å². The van der Waals surface area contributed by atoms with Gasteiger partial charge >= 0.3 is 0 Å². The van der Waals surface area contributed by atoms with Crippen molar-refractivity contribution < 1.29 is 9.18 Å². The molecule has 4 nitrogen and oxygen atoms in total. The number of anilines is 1. The van der Waals surface area contributed by atoms with Gasteiger partial charge in [-0.1, -0.05) is 49.4 Å². The van der Waals surface area contributed by atoms with Crippen molar-refractivity contribution in [3.05, 3.63) is 63.4 Å². The lowest BCUT2D eigenvalue weighted by Crippen LogP contribution is -2.34. The normalized spacial score (nSPS) is 17.4. The Hall–Kier alpha value is -2.11. The monoisotopic (exact) mass is 443 g/mol. The quantitative estimate of drug-likeness (QED) is 0.554. The molecule has 2 aliphatic rings. The van der Waals surface area contributed by atoms with Crippen molar-refractivity contribution in [2.75, 3.05) is 18.4 Å². The van der Waals surface area contributed by atoms with Gasteiger partial charge in [-0.3, -0.25) is 4.79 Å². The van der Waals surface area contributed by atoms with Crippen molar-refractivity contribution in [1.29, 1.82) is 0 Å². The second-order valence-corrected chi connectivity index (χ2v) is 9.04. The standard InChI is InChI=1S/C25H31ClFN3O/c26-22-10-9-17-11-13-28-14-12-21(17)24(22)29-16-19-8-7-18(15-23(19)27)25(31)30-20-5-3-1-2-4-6-20/h7-10,15,20,28-29H,1-6,11-14,16H2,(H,30,31). The fourth-order valence-electron chi connectivity index (χ4n) is 4.64. The Bertz CT molecular complexity index is 925. The van der Waals surface area contributed by atoms with E-state index < -0.39 is 0 Å². The molecule has 1 fully saturated rings. The van der Waals surface area contributed by atoms with Gasteiger partial charge < -0.3 is 16.0 Å². The predicted molar refractivity (Wildman–Crippen MR) is 124 cm³/mol. The van der Waals surface area contributed by atoms with Crippen LogP contribution in [0.4, 0.5) is 10.1 Å². The maximum absolute atomic E-state index is 14.8. The van der Waals surface area contributed by atoms with Gasteiger partial charge in [0.2, 0.25) is 0 Å². The lowest BCUT2D eigenvalue weighted by molar-refractivity contribution is 0.0933. The summed E-state index contributed by atoms with van der Waals surface area (Å²) in [6, 6.07) is 8.94. The Kier molecular flexibility index (Phi) is 7.46. The van der Waals surface area contributed by atoms with E-state index in [1.165, 1.54) is 30.0 Å². The molecule has 4 rings (SSSR count). The minimum absolute atomic E-state index is 0.186. The van der Waals surface area contributed by atoms with Crippen LogP contribution in [-0.2, 0) is 19.4 Å². The highest BCUT2D eigenvalue weighted by Crippen LogP contribution is 2.31. The van der Waals surface area contributed by atoms with Gasteiger partial charge in [-0.15, -0.1) is 0 Å². The van der Waals surface area contributed by atoms with Crippen molar-refractivity contribution in [2.24, 2.45) is 0 Å². The van der Waals surface area contributed by atoms with Crippen LogP contribution in [0, 0.1) is 5.82 Å². The molecular weight excluding hydrogens is 413 g/mol. The van der Waals surface area contributed by atoms with Crippen LogP contribution in [-0.4, -0.2) is 25.0 Å². The summed E-state index contributed by atoms with van der Waals surface area (Å²) < 4.78 is 14.8. The van der Waals surface area contributed by atoms with Gasteiger partial charge in [-0.2, -0.15) is 0 Å². The molecular formula is C25H31ClFN3O. The van der Waals surface area contributed by atoms with Crippen LogP contribution >= 0.6 is 11.6 Å². The van der Waals surface area contributed by atoms with Crippen LogP contribution in [0.25, 0.3) is 0 Å². The Morgan fingerprint density at radius 1 is 1.06 bits per heavy atom. The Morgan fingerprint density at radius 2 is 1.84 bits per heavy atom. The lowest BCUT2D eigenvalue weighted by atomic mass is 10.0. The minimum Gasteiger partial charge on any atom is -0.379 e. The van der Waals surface area contributed by atoms with E-state index in [0.717, 1.165) is 57.3 Å². The van der Waals surface area contributed by atoms with Crippen molar-refractivity contribution in [1.82, 2.24) is 10.6 Å². The molecule has 0 unspecified atom stereocenters. The third-order valence-corrected chi connectivity index (χ3v) is 6.76. The summed E-state index contributed by atoms with van der Waals surface area (Å²) >= 11 is 6.46. The Balaban J connectivity index is 1.43. The maximum Gasteiger partial charge on any atom is 0.251 e. The van der Waals surface area contributed by atoms with E-state index in [9.17, 15) is 9.18 Å². The number of halogens is 2. The van der Waals surface area contributed by atoms with Crippen molar-refractivity contribution in [2.45, 2.75) is 64.0 Å². The smallest absolute Gasteiger partial charge is 0.251 e. The number of rotatable bonds is 5. The number of benzene rings is 2. The summed E-state index contributed by atoms with van der Waals surface area (Å²) in [5.74, 6) is -0.560. The number of hydrogen-bond acceptors (Lipinski definition) is 3. The first-order chi connectivity index (χ1) is 15.1. The summed E-state index contributed by atoms with van der Waals surface area (Å²) in [5.41, 5.74) is 4.27. The molecule has 0 atom stereocenters. The average molecular weight is 444 g/mol. The number of amides is 1. The zero-order valence-corrected chi connectivity index (χ0v) is 18.7. The lowest BCUT2D eigenvalue weighted by Gasteiger charge is -2.18. The first kappa shape index (κ1) is 22.1. The van der Waals surface area contributed by atoms with Gasteiger partial charge in [-0.25, -0.2) is 4.39 Å². The number of hydrogen-bond donors (Lipinski definition) is 3. The van der Waals surface area contributed by atoms with Gasteiger partial charge in [0.1, 0.15) is 5.82 Å². The molecule has 0 radical (unpaired) electrons. The van der Waals surface area contributed by atoms with Gasteiger partial charge in [0.15, 0.2) is 0 Å². The van der Waals surface area contributed by atoms with E-state index in [1.807, 2.05) is 6.07 Å². The summed E-state index contributed by atoms with van der Waals surface area (Å²) in [5, 5.41) is 10.5. The van der Waals surface area contributed by atoms with Gasteiger partial charge in [-0.05, 0) is 68.1 Å². The number of carbonyl (C=O) groups excluding carboxylic acids is 1. The second kappa shape index (κ2) is 10.5. The molecule has 0 spiro atoms. The molecule has 31 heavy (non-hydrogen) atoms. The van der Waals surface area contributed by atoms with Crippen molar-refractivity contribution >= 4 is 23.2 Å². The molecule has 166 valence electrons. The molecule has 1 aliphatic carbocycles. The Labute approximate surface area is 189 Å². The van der Waals surface area contributed by atoms with Crippen molar-refractivity contribution in [3.8, 4) is 0 Å². The summed E-state index contributed by atoms with van der Waals surface area (Å²) in [7, 11) is 0. The first-order valence-electron chi connectivity index (χ1n) is 11.5. The van der Waals surface area contributed by atoms with E-state index in [1.54, 1.807) is 12.1 Å². The average Bonchev–Trinajstić information content (AvgIpc) is 3.16. The van der Waals surface area contributed by atoms with E-state index in [2.05, 4.69) is 22.0 Å². The number of fused-ring (bicyclic) bond motifs is 1. The summed E-state index contributed by atoms with van der Waals surface area (Å²) in [6.07, 6.45) is 8.61. The minimum atomic E-state index is -0.374. The topological polar surface area (TPSA) is 53.2 Å². The molecule has 0 aromatic heterocycles. The molecule has 1 aliphatic heterocycles. The van der Waals surface area contributed by atoms with Gasteiger partial charge in [0.25, 0.3) is 5.91 Å². The molecule has 6 heteroatoms. The van der Waals surface area contributed by atoms with Crippen LogP contribution in [0.1, 0.15) is 65.6 Å². The van der Waals surface area contributed by atoms with Crippen LogP contribution in [0.3, 0.4) is 0 Å². The highest BCUT2D eigenvalue weighted by molar-refractivity contribution is 6.33. The van der Waals surface area contributed by atoms with Gasteiger partial charge in [0.05, 0.1) is 10.7 Å². The zero-order valence-electron chi connectivity index (χ0n) is 17.9. The fraction of sp³-hybridized carbons (Fsp3) is 0.480. The summed E-state index contributed by atoms with van der Waals surface area (Å²) in [6.45, 7) is 2.17. The van der Waals surface area contributed by atoms with E-state index in [4.69, 9.17) is 11.6 Å². The van der Waals surface area contributed by atoms with Crippen LogP contribution in [0.5, 0.6) is 0 Å². The molecule has 2 aromatic carbocycles. The molecule has 2 aromatic rings. The first-order valence-corrected chi connectivity index (χ1v) is 11.8. The highest BCUT2D eigenvalue weighted by Gasteiger charge is 2.18. The SMILES string of the molecule is O=C(NC1CCCCCC1)c1ccc(CNc2c(Cl)ccc3c2CCNCC3)c(F)c1. The third kappa shape index (κ3) is 5.58. The number of nitrogens with one attached hydrogen (secondary N) is 3. The maximum atomic E-state index is 14.8.